The average molecular weight is 242 g/mol. The third-order valence-electron chi connectivity index (χ3n) is 2.69. The van der Waals surface area contributed by atoms with Crippen LogP contribution in [0, 0.1) is 0 Å². The number of ether oxygens (including phenoxy) is 1. The highest BCUT2D eigenvalue weighted by Crippen LogP contribution is 2.21. The molecule has 92 valence electrons. The Morgan fingerprint density at radius 2 is 1.72 bits per heavy atom. The van der Waals surface area contributed by atoms with Gasteiger partial charge in [-0.1, -0.05) is 42.5 Å². The molecule has 0 heterocycles. The Morgan fingerprint density at radius 1 is 1.00 bits per heavy atom. The molecule has 2 rings (SSSR count). The molecule has 0 saturated carbocycles. The van der Waals surface area contributed by atoms with Gasteiger partial charge in [0.25, 0.3) is 0 Å². The quantitative estimate of drug-likeness (QED) is 0.797. The van der Waals surface area contributed by atoms with E-state index in [-0.39, 0.29) is 0 Å². The van der Waals surface area contributed by atoms with E-state index in [1.165, 1.54) is 0 Å². The van der Waals surface area contributed by atoms with Crippen LogP contribution < -0.4 is 10.2 Å². The predicted octanol–water partition coefficient (Wildman–Crippen LogP) is 1.43. The molecule has 2 aromatic carbocycles. The molecule has 0 atom stereocenters. The van der Waals surface area contributed by atoms with Crippen LogP contribution in [0.5, 0.6) is 5.75 Å². The zero-order chi connectivity index (χ0) is 13.0. The second kappa shape index (κ2) is 5.71. The molecular formula is C14H15BO3. The van der Waals surface area contributed by atoms with Crippen molar-refractivity contribution in [3.05, 3.63) is 48.5 Å². The summed E-state index contributed by atoms with van der Waals surface area (Å²) >= 11 is 0. The van der Waals surface area contributed by atoms with E-state index >= 15 is 0 Å². The molecule has 0 aliphatic carbocycles. The normalized spacial score (nSPS) is 10.2. The zero-order valence-electron chi connectivity index (χ0n) is 10.2. The Kier molecular flexibility index (Phi) is 4.02. The minimum atomic E-state index is -1.53. The zero-order valence-corrected chi connectivity index (χ0v) is 10.2. The number of hydrogen-bond acceptors (Lipinski definition) is 3. The van der Waals surface area contributed by atoms with Crippen molar-refractivity contribution in [1.29, 1.82) is 0 Å². The van der Waals surface area contributed by atoms with Crippen LogP contribution in [0.1, 0.15) is 6.92 Å². The first kappa shape index (κ1) is 12.7. The van der Waals surface area contributed by atoms with Crippen molar-refractivity contribution in [3.8, 4) is 16.9 Å². The molecule has 0 aliphatic rings. The molecule has 0 amide bonds. The lowest BCUT2D eigenvalue weighted by Gasteiger charge is -2.11. The summed E-state index contributed by atoms with van der Waals surface area (Å²) in [6.07, 6.45) is 0. The third kappa shape index (κ3) is 2.72. The van der Waals surface area contributed by atoms with Gasteiger partial charge in [0.2, 0.25) is 0 Å². The summed E-state index contributed by atoms with van der Waals surface area (Å²) in [6.45, 7) is 2.35. The highest BCUT2D eigenvalue weighted by Gasteiger charge is 2.18. The van der Waals surface area contributed by atoms with Crippen molar-refractivity contribution in [1.82, 2.24) is 0 Å². The first-order chi connectivity index (χ1) is 8.72. The van der Waals surface area contributed by atoms with E-state index in [2.05, 4.69) is 0 Å². The fraction of sp³-hybridized carbons (Fsp3) is 0.143. The van der Waals surface area contributed by atoms with Crippen molar-refractivity contribution in [3.63, 3.8) is 0 Å². The fourth-order valence-corrected chi connectivity index (χ4v) is 1.85. The largest absolute Gasteiger partial charge is 0.494 e. The van der Waals surface area contributed by atoms with Crippen molar-refractivity contribution in [2.75, 3.05) is 6.61 Å². The Balaban J connectivity index is 2.43. The van der Waals surface area contributed by atoms with E-state index in [1.54, 1.807) is 12.1 Å². The summed E-state index contributed by atoms with van der Waals surface area (Å²) in [5, 5.41) is 18.8. The van der Waals surface area contributed by atoms with Crippen LogP contribution in [0.3, 0.4) is 0 Å². The molecule has 0 unspecified atom stereocenters. The first-order valence-electron chi connectivity index (χ1n) is 5.90. The van der Waals surface area contributed by atoms with Gasteiger partial charge in [-0.05, 0) is 24.1 Å². The van der Waals surface area contributed by atoms with Gasteiger partial charge in [-0.2, -0.15) is 0 Å². The molecule has 0 spiro atoms. The number of rotatable bonds is 4. The maximum Gasteiger partial charge on any atom is 0.492 e. The van der Waals surface area contributed by atoms with Gasteiger partial charge in [0, 0.05) is 5.46 Å². The van der Waals surface area contributed by atoms with Crippen molar-refractivity contribution in [2.45, 2.75) is 6.92 Å². The molecule has 2 N–H and O–H groups in total. The third-order valence-corrected chi connectivity index (χ3v) is 2.69. The number of benzene rings is 2. The van der Waals surface area contributed by atoms with E-state index in [4.69, 9.17) is 4.74 Å². The highest BCUT2D eigenvalue weighted by molar-refractivity contribution is 6.59. The van der Waals surface area contributed by atoms with Crippen LogP contribution >= 0.6 is 0 Å². The van der Waals surface area contributed by atoms with Gasteiger partial charge < -0.3 is 14.8 Å². The highest BCUT2D eigenvalue weighted by atomic mass is 16.5. The minimum Gasteiger partial charge on any atom is -0.494 e. The molecule has 2 aromatic rings. The van der Waals surface area contributed by atoms with Crippen LogP contribution in [-0.2, 0) is 0 Å². The lowest BCUT2D eigenvalue weighted by molar-refractivity contribution is 0.340. The van der Waals surface area contributed by atoms with Gasteiger partial charge in [0.15, 0.2) is 0 Å². The lowest BCUT2D eigenvalue weighted by Crippen LogP contribution is -2.31. The van der Waals surface area contributed by atoms with E-state index in [9.17, 15) is 10.0 Å². The molecule has 0 aliphatic heterocycles. The summed E-state index contributed by atoms with van der Waals surface area (Å²) in [4.78, 5) is 0. The average Bonchev–Trinajstić information content (AvgIpc) is 2.40. The molecular weight excluding hydrogens is 227 g/mol. The van der Waals surface area contributed by atoms with Crippen LogP contribution in [0.15, 0.2) is 48.5 Å². The smallest absolute Gasteiger partial charge is 0.492 e. The summed E-state index contributed by atoms with van der Waals surface area (Å²) < 4.78 is 5.37. The predicted molar refractivity (Wildman–Crippen MR) is 72.9 cm³/mol. The Hall–Kier alpha value is -1.78. The molecule has 18 heavy (non-hydrogen) atoms. The molecule has 0 fully saturated rings. The second-order valence-electron chi connectivity index (χ2n) is 3.93. The first-order valence-corrected chi connectivity index (χ1v) is 5.90. The number of hydrogen-bond donors (Lipinski definition) is 2. The van der Waals surface area contributed by atoms with Crippen LogP contribution in [0.25, 0.3) is 11.1 Å². The lowest BCUT2D eigenvalue weighted by atomic mass is 9.78. The maximum absolute atomic E-state index is 9.38. The van der Waals surface area contributed by atoms with Gasteiger partial charge in [-0.3, -0.25) is 0 Å². The van der Waals surface area contributed by atoms with Crippen molar-refractivity contribution < 1.29 is 14.8 Å². The van der Waals surface area contributed by atoms with Crippen LogP contribution in [0.4, 0.5) is 0 Å². The van der Waals surface area contributed by atoms with E-state index in [1.807, 2.05) is 43.3 Å². The molecule has 0 bridgehead atoms. The van der Waals surface area contributed by atoms with Crippen molar-refractivity contribution in [2.24, 2.45) is 0 Å². The Labute approximate surface area is 107 Å². The second-order valence-corrected chi connectivity index (χ2v) is 3.93. The van der Waals surface area contributed by atoms with Gasteiger partial charge in [0.05, 0.1) is 6.61 Å². The topological polar surface area (TPSA) is 49.7 Å². The molecule has 0 aromatic heterocycles. The molecule has 0 saturated heterocycles. The Morgan fingerprint density at radius 3 is 2.33 bits per heavy atom. The summed E-state index contributed by atoms with van der Waals surface area (Å²) in [5.41, 5.74) is 2.35. The van der Waals surface area contributed by atoms with E-state index in [0.717, 1.165) is 11.1 Å². The molecule has 3 nitrogen and oxygen atoms in total. The molecule has 0 radical (unpaired) electrons. The summed E-state index contributed by atoms with van der Waals surface area (Å²) in [6, 6.07) is 15.2. The minimum absolute atomic E-state index is 0.387. The standard InChI is InChI=1S/C14H15BO3/c1-2-18-14-9-8-12(10-13(14)15(16)17)11-6-4-3-5-7-11/h3-10,16-17H,2H2,1H3. The van der Waals surface area contributed by atoms with Gasteiger partial charge in [-0.25, -0.2) is 0 Å². The fourth-order valence-electron chi connectivity index (χ4n) is 1.85. The Bertz CT molecular complexity index is 512. The van der Waals surface area contributed by atoms with Crippen LogP contribution in [-0.4, -0.2) is 23.8 Å². The van der Waals surface area contributed by atoms with E-state index in [0.29, 0.717) is 17.8 Å². The van der Waals surface area contributed by atoms with E-state index < -0.39 is 7.12 Å². The van der Waals surface area contributed by atoms with Crippen molar-refractivity contribution >= 4 is 12.6 Å². The van der Waals surface area contributed by atoms with Crippen LogP contribution in [0.2, 0.25) is 0 Å². The maximum atomic E-state index is 9.38. The van der Waals surface area contributed by atoms with Gasteiger partial charge >= 0.3 is 7.12 Å². The summed E-state index contributed by atoms with van der Waals surface area (Å²) in [5.74, 6) is 0.507. The monoisotopic (exact) mass is 242 g/mol. The SMILES string of the molecule is CCOc1ccc(-c2ccccc2)cc1B(O)O. The molecule has 4 heteroatoms. The van der Waals surface area contributed by atoms with Gasteiger partial charge in [0.1, 0.15) is 5.75 Å². The summed E-state index contributed by atoms with van der Waals surface area (Å²) in [7, 11) is -1.53. The van der Waals surface area contributed by atoms with Gasteiger partial charge in [-0.15, -0.1) is 0 Å².